The number of anilines is 1. The Morgan fingerprint density at radius 3 is 2.58 bits per heavy atom. The van der Waals surface area contributed by atoms with Crippen molar-refractivity contribution in [2.24, 2.45) is 0 Å². The molecule has 2 aromatic rings. The van der Waals surface area contributed by atoms with Crippen LogP contribution >= 0.6 is 11.6 Å². The minimum atomic E-state index is -1.12. The highest BCUT2D eigenvalue weighted by Crippen LogP contribution is 2.22. The van der Waals surface area contributed by atoms with Crippen LogP contribution in [0.1, 0.15) is 34.7 Å². The Kier molecular flexibility index (Phi) is 5.35. The van der Waals surface area contributed by atoms with E-state index in [0.29, 0.717) is 5.56 Å². The third-order valence-electron chi connectivity index (χ3n) is 3.15. The monoisotopic (exact) mass is 352 g/mol. The van der Waals surface area contributed by atoms with Gasteiger partial charge in [0.2, 0.25) is 0 Å². The van der Waals surface area contributed by atoms with Crippen LogP contribution in [0.5, 0.6) is 0 Å². The van der Waals surface area contributed by atoms with Gasteiger partial charge in [0, 0.05) is 11.8 Å². The average Bonchev–Trinajstić information content (AvgIpc) is 3.00. The molecular formula is C16H14ClFN2O4. The zero-order valence-electron chi connectivity index (χ0n) is 12.9. The second kappa shape index (κ2) is 7.27. The third-order valence-corrected chi connectivity index (χ3v) is 3.46. The molecule has 0 radical (unpaired) electrons. The number of ketones is 1. The molecule has 1 aromatic heterocycles. The fourth-order valence-electron chi connectivity index (χ4n) is 1.82. The molecule has 0 aliphatic carbocycles. The second-order valence-electron chi connectivity index (χ2n) is 5.02. The van der Waals surface area contributed by atoms with E-state index in [1.165, 1.54) is 32.2 Å². The number of H-pyrrole nitrogens is 1. The van der Waals surface area contributed by atoms with Crippen LogP contribution < -0.4 is 5.32 Å². The molecule has 0 spiro atoms. The van der Waals surface area contributed by atoms with Crippen LogP contribution in [0, 0.1) is 5.82 Å². The number of amides is 1. The normalized spacial score (nSPS) is 11.7. The molecule has 0 fully saturated rings. The predicted molar refractivity (Wildman–Crippen MR) is 85.7 cm³/mol. The maximum atomic E-state index is 13.0. The molecule has 0 aliphatic heterocycles. The van der Waals surface area contributed by atoms with E-state index in [-0.39, 0.29) is 22.2 Å². The van der Waals surface area contributed by atoms with E-state index < -0.39 is 23.8 Å². The Labute approximate surface area is 142 Å². The lowest BCUT2D eigenvalue weighted by Gasteiger charge is -2.13. The van der Waals surface area contributed by atoms with Crippen molar-refractivity contribution < 1.29 is 23.5 Å². The fourth-order valence-corrected chi connectivity index (χ4v) is 2.03. The second-order valence-corrected chi connectivity index (χ2v) is 5.43. The summed E-state index contributed by atoms with van der Waals surface area (Å²) in [5.74, 6) is -2.15. The Hall–Kier alpha value is -2.67. The van der Waals surface area contributed by atoms with Gasteiger partial charge in [-0.2, -0.15) is 0 Å². The number of ether oxygens (including phenoxy) is 1. The molecular weight excluding hydrogens is 339 g/mol. The van der Waals surface area contributed by atoms with Crippen molar-refractivity contribution in [2.45, 2.75) is 20.0 Å². The van der Waals surface area contributed by atoms with E-state index in [9.17, 15) is 18.8 Å². The van der Waals surface area contributed by atoms with Gasteiger partial charge < -0.3 is 15.0 Å². The van der Waals surface area contributed by atoms with Gasteiger partial charge in [0.15, 0.2) is 11.9 Å². The summed E-state index contributed by atoms with van der Waals surface area (Å²) in [5, 5.41) is 2.46. The summed E-state index contributed by atoms with van der Waals surface area (Å²) in [5.41, 5.74) is 0.585. The Morgan fingerprint density at radius 1 is 1.29 bits per heavy atom. The minimum absolute atomic E-state index is 0.0253. The van der Waals surface area contributed by atoms with Crippen molar-refractivity contribution in [1.29, 1.82) is 0 Å². The fraction of sp³-hybridized carbons (Fsp3) is 0.188. The molecule has 1 heterocycles. The van der Waals surface area contributed by atoms with E-state index in [1.807, 2.05) is 0 Å². The number of benzene rings is 1. The van der Waals surface area contributed by atoms with Crippen LogP contribution in [-0.4, -0.2) is 28.7 Å². The number of hydrogen-bond acceptors (Lipinski definition) is 4. The topological polar surface area (TPSA) is 88.3 Å². The highest BCUT2D eigenvalue weighted by atomic mass is 35.5. The van der Waals surface area contributed by atoms with Crippen LogP contribution in [-0.2, 0) is 9.53 Å². The lowest BCUT2D eigenvalue weighted by molar-refractivity contribution is -0.123. The lowest BCUT2D eigenvalue weighted by Crippen LogP contribution is -2.30. The average molecular weight is 353 g/mol. The van der Waals surface area contributed by atoms with Crippen LogP contribution in [0.2, 0.25) is 5.02 Å². The number of rotatable bonds is 5. The van der Waals surface area contributed by atoms with Crippen molar-refractivity contribution >= 4 is 34.9 Å². The molecule has 2 N–H and O–H groups in total. The predicted octanol–water partition coefficient (Wildman–Crippen LogP) is 3.19. The molecule has 126 valence electrons. The smallest absolute Gasteiger partial charge is 0.355 e. The SMILES string of the molecule is CC(=O)c1c[nH]c(C(=O)O[C@H](C)C(=O)Nc2ccc(F)cc2Cl)c1. The summed E-state index contributed by atoms with van der Waals surface area (Å²) < 4.78 is 18.0. The molecule has 6 nitrogen and oxygen atoms in total. The van der Waals surface area contributed by atoms with Gasteiger partial charge in [-0.15, -0.1) is 0 Å². The highest BCUT2D eigenvalue weighted by Gasteiger charge is 2.21. The molecule has 1 aromatic carbocycles. The number of hydrogen-bond donors (Lipinski definition) is 2. The zero-order valence-corrected chi connectivity index (χ0v) is 13.6. The van der Waals surface area contributed by atoms with Crippen molar-refractivity contribution in [3.8, 4) is 0 Å². The van der Waals surface area contributed by atoms with Gasteiger partial charge in [-0.1, -0.05) is 11.6 Å². The number of carbonyl (C=O) groups excluding carboxylic acids is 3. The lowest BCUT2D eigenvalue weighted by atomic mass is 10.2. The molecule has 0 unspecified atom stereocenters. The summed E-state index contributed by atoms with van der Waals surface area (Å²) in [6, 6.07) is 4.83. The molecule has 1 amide bonds. The van der Waals surface area contributed by atoms with Crippen molar-refractivity contribution in [2.75, 3.05) is 5.32 Å². The standard InChI is InChI=1S/C16H14ClFN2O4/c1-8(21)10-5-14(19-7-10)16(23)24-9(2)15(22)20-13-4-3-11(18)6-12(13)17/h3-7,9,19H,1-2H3,(H,20,22)/t9-/m1/s1. The summed E-state index contributed by atoms with van der Waals surface area (Å²) in [6.45, 7) is 2.74. The molecule has 8 heteroatoms. The number of nitrogens with one attached hydrogen (secondary N) is 2. The molecule has 0 aliphatic rings. The first-order chi connectivity index (χ1) is 11.3. The van der Waals surface area contributed by atoms with E-state index in [0.717, 1.165) is 12.1 Å². The summed E-state index contributed by atoms with van der Waals surface area (Å²) >= 11 is 5.81. The molecule has 24 heavy (non-hydrogen) atoms. The number of aromatic nitrogens is 1. The van der Waals surface area contributed by atoms with Crippen LogP contribution in [0.4, 0.5) is 10.1 Å². The van der Waals surface area contributed by atoms with E-state index in [4.69, 9.17) is 16.3 Å². The Bertz CT molecular complexity index is 803. The Morgan fingerprint density at radius 2 is 2.00 bits per heavy atom. The van der Waals surface area contributed by atoms with Gasteiger partial charge in [0.05, 0.1) is 10.7 Å². The van der Waals surface area contributed by atoms with Gasteiger partial charge in [-0.3, -0.25) is 9.59 Å². The Balaban J connectivity index is 2.00. The molecule has 1 atom stereocenters. The zero-order chi connectivity index (χ0) is 17.9. The number of Topliss-reactive ketones (excluding diaryl/α,β-unsaturated/α-hetero) is 1. The first-order valence-corrected chi connectivity index (χ1v) is 7.32. The third kappa shape index (κ3) is 4.20. The quantitative estimate of drug-likeness (QED) is 0.639. The van der Waals surface area contributed by atoms with E-state index >= 15 is 0 Å². The number of aromatic amines is 1. The van der Waals surface area contributed by atoms with Gasteiger partial charge in [0.25, 0.3) is 5.91 Å². The molecule has 0 bridgehead atoms. The van der Waals surface area contributed by atoms with Crippen molar-refractivity contribution in [1.82, 2.24) is 4.98 Å². The minimum Gasteiger partial charge on any atom is -0.448 e. The maximum absolute atomic E-state index is 13.0. The number of carbonyl (C=O) groups is 3. The summed E-state index contributed by atoms with van der Waals surface area (Å²) in [4.78, 5) is 37.8. The molecule has 0 saturated carbocycles. The van der Waals surface area contributed by atoms with Gasteiger partial charge >= 0.3 is 5.97 Å². The van der Waals surface area contributed by atoms with Gasteiger partial charge in [-0.05, 0) is 38.1 Å². The molecule has 2 rings (SSSR count). The van der Waals surface area contributed by atoms with Gasteiger partial charge in [-0.25, -0.2) is 9.18 Å². The van der Waals surface area contributed by atoms with Crippen LogP contribution in [0.25, 0.3) is 0 Å². The number of halogens is 2. The largest absolute Gasteiger partial charge is 0.448 e. The van der Waals surface area contributed by atoms with Crippen molar-refractivity contribution in [3.63, 3.8) is 0 Å². The van der Waals surface area contributed by atoms with E-state index in [1.54, 1.807) is 0 Å². The van der Waals surface area contributed by atoms with Crippen LogP contribution in [0.3, 0.4) is 0 Å². The van der Waals surface area contributed by atoms with Crippen LogP contribution in [0.15, 0.2) is 30.5 Å². The number of esters is 1. The first-order valence-electron chi connectivity index (χ1n) is 6.94. The van der Waals surface area contributed by atoms with E-state index in [2.05, 4.69) is 10.3 Å². The summed E-state index contributed by atoms with van der Waals surface area (Å²) in [7, 11) is 0. The molecule has 0 saturated heterocycles. The van der Waals surface area contributed by atoms with Crippen molar-refractivity contribution in [3.05, 3.63) is 52.6 Å². The maximum Gasteiger partial charge on any atom is 0.355 e. The summed E-state index contributed by atoms with van der Waals surface area (Å²) in [6.07, 6.45) is 0.254. The first kappa shape index (κ1) is 17.7. The highest BCUT2D eigenvalue weighted by molar-refractivity contribution is 6.33. The van der Waals surface area contributed by atoms with Gasteiger partial charge in [0.1, 0.15) is 11.5 Å².